The Morgan fingerprint density at radius 1 is 0.882 bits per heavy atom. The van der Waals surface area contributed by atoms with Crippen molar-refractivity contribution >= 4 is 13.8 Å². The summed E-state index contributed by atoms with van der Waals surface area (Å²) in [5, 5.41) is 0. The van der Waals surface area contributed by atoms with Gasteiger partial charge < -0.3 is 18.9 Å². The monoisotopic (exact) mass is 508 g/mol. The van der Waals surface area contributed by atoms with Crippen LogP contribution in [0.15, 0.2) is 12.2 Å². The van der Waals surface area contributed by atoms with Crippen LogP contribution in [-0.2, 0) is 27.9 Å². The molecule has 0 saturated heterocycles. The minimum absolute atomic E-state index is 0.0851. The zero-order valence-corrected chi connectivity index (χ0v) is 23.2. The number of rotatable bonds is 23. The average Bonchev–Trinajstić information content (AvgIpc) is 2.73. The minimum Gasteiger partial charge on any atom is -0.458 e. The number of unbranched alkanes of at least 4 members (excludes halogenated alkanes) is 9. The largest absolute Gasteiger partial charge is 0.472 e. The fourth-order valence-electron chi connectivity index (χ4n) is 3.13. The van der Waals surface area contributed by atoms with E-state index in [-0.39, 0.29) is 19.8 Å². The third kappa shape index (κ3) is 24.4. The maximum Gasteiger partial charge on any atom is 0.472 e. The average molecular weight is 509 g/mol. The van der Waals surface area contributed by atoms with Gasteiger partial charge in [0.25, 0.3) is 0 Å². The molecular weight excluding hydrogens is 457 g/mol. The molecule has 8 nitrogen and oxygen atoms in total. The van der Waals surface area contributed by atoms with Crippen molar-refractivity contribution < 1.29 is 37.3 Å². The minimum atomic E-state index is -4.21. The zero-order chi connectivity index (χ0) is 25.7. The van der Waals surface area contributed by atoms with E-state index in [9.17, 15) is 14.3 Å². The fraction of sp³-hybridized carbons (Fsp3) is 0.880. The lowest BCUT2D eigenvalue weighted by Crippen LogP contribution is -2.37. The first kappa shape index (κ1) is 33.2. The molecule has 34 heavy (non-hydrogen) atoms. The highest BCUT2D eigenvalue weighted by atomic mass is 31.2. The van der Waals surface area contributed by atoms with Gasteiger partial charge in [0.2, 0.25) is 0 Å². The van der Waals surface area contributed by atoms with Crippen LogP contribution in [0.3, 0.4) is 0 Å². The molecule has 0 fully saturated rings. The fourth-order valence-corrected chi connectivity index (χ4v) is 3.87. The summed E-state index contributed by atoms with van der Waals surface area (Å²) in [5.41, 5.74) is 0. The summed E-state index contributed by atoms with van der Waals surface area (Å²) in [5.74, 6) is -0.494. The quantitative estimate of drug-likeness (QED) is 0.0628. The Kier molecular flexibility index (Phi) is 20.0. The van der Waals surface area contributed by atoms with Crippen LogP contribution in [0, 0.1) is 0 Å². The van der Waals surface area contributed by atoms with Gasteiger partial charge in [0.05, 0.1) is 34.4 Å². The first-order chi connectivity index (χ1) is 16.1. The molecule has 0 aliphatic heterocycles. The number of hydrogen-bond acceptors (Lipinski definition) is 6. The number of hydrogen-bond donors (Lipinski definition) is 1. The van der Waals surface area contributed by atoms with E-state index in [2.05, 4.69) is 19.1 Å². The predicted molar refractivity (Wildman–Crippen MR) is 137 cm³/mol. The molecule has 0 rings (SSSR count). The van der Waals surface area contributed by atoms with Gasteiger partial charge in [0.1, 0.15) is 19.3 Å². The molecular formula is C25H51NO7P+. The SMILES string of the molecule is CCCCC/C=C\CCCCCCCCOCC(COP(=O)(O)OCC[N+](C)(C)C)OC(C)=O. The lowest BCUT2D eigenvalue weighted by atomic mass is 10.1. The van der Waals surface area contributed by atoms with Crippen LogP contribution in [0.25, 0.3) is 0 Å². The summed E-state index contributed by atoms with van der Waals surface area (Å²) < 4.78 is 33.3. The molecule has 0 radical (unpaired) electrons. The van der Waals surface area contributed by atoms with Crippen LogP contribution < -0.4 is 0 Å². The van der Waals surface area contributed by atoms with Crippen molar-refractivity contribution in [1.29, 1.82) is 0 Å². The molecule has 0 aromatic carbocycles. The molecule has 9 heteroatoms. The van der Waals surface area contributed by atoms with E-state index in [0.29, 0.717) is 17.6 Å². The molecule has 0 heterocycles. The van der Waals surface area contributed by atoms with Crippen molar-refractivity contribution in [3.63, 3.8) is 0 Å². The van der Waals surface area contributed by atoms with Gasteiger partial charge >= 0.3 is 13.8 Å². The maximum atomic E-state index is 12.0. The van der Waals surface area contributed by atoms with Crippen molar-refractivity contribution in [2.45, 2.75) is 90.6 Å². The lowest BCUT2D eigenvalue weighted by molar-refractivity contribution is -0.870. The number of phosphoric ester groups is 1. The van der Waals surface area contributed by atoms with Crippen molar-refractivity contribution in [3.8, 4) is 0 Å². The van der Waals surface area contributed by atoms with Gasteiger partial charge in [-0.25, -0.2) is 4.57 Å². The van der Waals surface area contributed by atoms with E-state index >= 15 is 0 Å². The van der Waals surface area contributed by atoms with E-state index in [1.807, 2.05) is 21.1 Å². The molecule has 0 spiro atoms. The van der Waals surface area contributed by atoms with Crippen molar-refractivity contribution in [1.82, 2.24) is 0 Å². The number of carbonyl (C=O) groups excluding carboxylic acids is 1. The van der Waals surface area contributed by atoms with Crippen LogP contribution >= 0.6 is 7.82 Å². The van der Waals surface area contributed by atoms with Crippen LogP contribution in [0.5, 0.6) is 0 Å². The molecule has 202 valence electrons. The molecule has 2 atom stereocenters. The van der Waals surface area contributed by atoms with Crippen LogP contribution in [0.1, 0.15) is 84.5 Å². The van der Waals surface area contributed by atoms with Gasteiger partial charge in [-0.1, -0.05) is 57.6 Å². The highest BCUT2D eigenvalue weighted by molar-refractivity contribution is 7.47. The van der Waals surface area contributed by atoms with E-state index in [1.165, 1.54) is 64.7 Å². The Balaban J connectivity index is 3.86. The third-order valence-electron chi connectivity index (χ3n) is 5.13. The first-order valence-corrected chi connectivity index (χ1v) is 14.4. The van der Waals surface area contributed by atoms with Gasteiger partial charge in [-0.3, -0.25) is 13.8 Å². The zero-order valence-electron chi connectivity index (χ0n) is 22.3. The van der Waals surface area contributed by atoms with E-state index in [1.54, 1.807) is 0 Å². The van der Waals surface area contributed by atoms with Crippen molar-refractivity contribution in [3.05, 3.63) is 12.2 Å². The Morgan fingerprint density at radius 3 is 2.06 bits per heavy atom. The third-order valence-corrected chi connectivity index (χ3v) is 6.11. The van der Waals surface area contributed by atoms with Gasteiger partial charge in [-0.2, -0.15) is 0 Å². The number of esters is 1. The van der Waals surface area contributed by atoms with Gasteiger partial charge in [-0.15, -0.1) is 0 Å². The number of nitrogens with zero attached hydrogens (tertiary/aromatic N) is 1. The summed E-state index contributed by atoms with van der Waals surface area (Å²) in [6.45, 7) is 4.56. The number of carbonyl (C=O) groups is 1. The van der Waals surface area contributed by atoms with Gasteiger partial charge in [0.15, 0.2) is 0 Å². The molecule has 0 aromatic heterocycles. The van der Waals surface area contributed by atoms with E-state index in [4.69, 9.17) is 18.5 Å². The second kappa shape index (κ2) is 20.4. The van der Waals surface area contributed by atoms with Gasteiger partial charge in [0, 0.05) is 13.5 Å². The van der Waals surface area contributed by atoms with Gasteiger partial charge in [-0.05, 0) is 32.1 Å². The topological polar surface area (TPSA) is 91.3 Å². The lowest BCUT2D eigenvalue weighted by Gasteiger charge is -2.24. The van der Waals surface area contributed by atoms with E-state index in [0.717, 1.165) is 12.8 Å². The maximum absolute atomic E-state index is 12.0. The van der Waals surface area contributed by atoms with Crippen LogP contribution in [-0.4, -0.2) is 75.6 Å². The molecule has 0 bridgehead atoms. The number of ether oxygens (including phenoxy) is 2. The molecule has 0 aliphatic rings. The molecule has 1 N–H and O–H groups in total. The summed E-state index contributed by atoms with van der Waals surface area (Å²) in [4.78, 5) is 21.1. The number of likely N-dealkylation sites (N-methyl/N-ethyl adjacent to an activating group) is 1. The van der Waals surface area contributed by atoms with E-state index < -0.39 is 19.9 Å². The molecule has 0 aliphatic carbocycles. The highest BCUT2D eigenvalue weighted by Gasteiger charge is 2.25. The van der Waals surface area contributed by atoms with Crippen molar-refractivity contribution in [2.75, 3.05) is 54.1 Å². The number of phosphoric acid groups is 1. The Morgan fingerprint density at radius 2 is 1.47 bits per heavy atom. The second-order valence-corrected chi connectivity index (χ2v) is 11.2. The Bertz CT molecular complexity index is 578. The summed E-state index contributed by atoms with van der Waals surface area (Å²) >= 11 is 0. The Hall–Kier alpha value is -0.760. The molecule has 2 unspecified atom stereocenters. The van der Waals surface area contributed by atoms with Crippen LogP contribution in [0.2, 0.25) is 0 Å². The van der Waals surface area contributed by atoms with Crippen LogP contribution in [0.4, 0.5) is 0 Å². The normalized spacial score (nSPS) is 14.9. The summed E-state index contributed by atoms with van der Waals surface area (Å²) in [6, 6.07) is 0. The first-order valence-electron chi connectivity index (χ1n) is 12.9. The molecule has 0 saturated carbocycles. The number of quaternary nitrogens is 1. The van der Waals surface area contributed by atoms with Crippen molar-refractivity contribution in [2.24, 2.45) is 0 Å². The smallest absolute Gasteiger partial charge is 0.458 e. The Labute approximate surface area is 208 Å². The summed E-state index contributed by atoms with van der Waals surface area (Å²) in [7, 11) is 1.65. The standard InChI is InChI=1S/C25H50NO7P/c1-6-7-8-9-10-11-12-13-14-15-16-17-18-20-30-22-25(33-24(2)27)23-32-34(28,29)31-21-19-26(3,4)5/h10-11,25H,6-9,12-23H2,1-5H3/p+1/b11-10-. The summed E-state index contributed by atoms with van der Waals surface area (Å²) in [6.07, 6.45) is 17.1. The highest BCUT2D eigenvalue weighted by Crippen LogP contribution is 2.43. The second-order valence-electron chi connectivity index (χ2n) is 9.80. The molecule has 0 amide bonds. The predicted octanol–water partition coefficient (Wildman–Crippen LogP) is 5.64. The number of allylic oxidation sites excluding steroid dienone is 2. The molecule has 0 aromatic rings.